The molecular weight excluding hydrogens is 296 g/mol. The lowest BCUT2D eigenvalue weighted by atomic mass is 9.88. The molecule has 1 aromatic carbocycles. The van der Waals surface area contributed by atoms with Gasteiger partial charge in [-0.05, 0) is 30.9 Å². The van der Waals surface area contributed by atoms with Gasteiger partial charge in [0, 0.05) is 12.5 Å². The van der Waals surface area contributed by atoms with Gasteiger partial charge in [0.15, 0.2) is 0 Å². The normalized spacial score (nSPS) is 18.8. The first-order chi connectivity index (χ1) is 10.2. The van der Waals surface area contributed by atoms with E-state index in [9.17, 15) is 4.79 Å². The fourth-order valence-corrected chi connectivity index (χ4v) is 3.28. The third kappa shape index (κ3) is 5.29. The van der Waals surface area contributed by atoms with Crippen molar-refractivity contribution in [1.82, 2.24) is 10.6 Å². The molecule has 0 radical (unpaired) electrons. The van der Waals surface area contributed by atoms with Crippen LogP contribution in [0.2, 0.25) is 0 Å². The van der Waals surface area contributed by atoms with E-state index in [2.05, 4.69) is 48.7 Å². The van der Waals surface area contributed by atoms with Crippen LogP contribution < -0.4 is 10.6 Å². The van der Waals surface area contributed by atoms with Crippen LogP contribution in [-0.4, -0.2) is 18.5 Å². The Morgan fingerprint density at radius 2 is 1.95 bits per heavy atom. The van der Waals surface area contributed by atoms with E-state index in [1.165, 1.54) is 12.0 Å². The number of hydrogen-bond donors (Lipinski definition) is 2. The number of hydrogen-bond acceptors (Lipinski definition) is 2. The minimum Gasteiger partial charge on any atom is -0.349 e. The molecule has 1 amide bonds. The molecule has 1 aliphatic heterocycles. The third-order valence-electron chi connectivity index (χ3n) is 4.59. The Hall–Kier alpha value is -1.06. The number of amides is 1. The van der Waals surface area contributed by atoms with E-state index in [0.717, 1.165) is 25.8 Å². The van der Waals surface area contributed by atoms with Crippen molar-refractivity contribution in [2.24, 2.45) is 5.92 Å². The summed E-state index contributed by atoms with van der Waals surface area (Å²) in [7, 11) is 0. The molecule has 124 valence electrons. The van der Waals surface area contributed by atoms with Gasteiger partial charge in [0.1, 0.15) is 0 Å². The lowest BCUT2D eigenvalue weighted by Crippen LogP contribution is -2.37. The van der Waals surface area contributed by atoms with E-state index in [1.807, 2.05) is 6.07 Å². The predicted molar refractivity (Wildman–Crippen MR) is 94.3 cm³/mol. The van der Waals surface area contributed by atoms with E-state index in [1.54, 1.807) is 0 Å². The van der Waals surface area contributed by atoms with Gasteiger partial charge in [0.2, 0.25) is 5.91 Å². The Bertz CT molecular complexity index is 428. The summed E-state index contributed by atoms with van der Waals surface area (Å²) in [5.41, 5.74) is 1.22. The molecular formula is C18H29ClN2O. The summed E-state index contributed by atoms with van der Waals surface area (Å²) < 4.78 is 0. The van der Waals surface area contributed by atoms with E-state index >= 15 is 0 Å². The molecule has 2 rings (SSSR count). The SMILES string of the molecule is CCC(CC)C(NC(=O)CC1CCCN1)c1ccccc1.Cl. The zero-order valence-corrected chi connectivity index (χ0v) is 14.5. The van der Waals surface area contributed by atoms with Crippen LogP contribution in [0.3, 0.4) is 0 Å². The molecule has 22 heavy (non-hydrogen) atoms. The smallest absolute Gasteiger partial charge is 0.222 e. The minimum absolute atomic E-state index is 0. The first kappa shape index (κ1) is 19.0. The van der Waals surface area contributed by atoms with Crippen LogP contribution >= 0.6 is 12.4 Å². The number of rotatable bonds is 7. The van der Waals surface area contributed by atoms with Gasteiger partial charge in [-0.1, -0.05) is 57.0 Å². The second-order valence-electron chi connectivity index (χ2n) is 6.03. The van der Waals surface area contributed by atoms with Crippen LogP contribution in [0.25, 0.3) is 0 Å². The minimum atomic E-state index is 0. The summed E-state index contributed by atoms with van der Waals surface area (Å²) in [5.74, 6) is 0.669. The van der Waals surface area contributed by atoms with Crippen LogP contribution in [0.15, 0.2) is 30.3 Å². The van der Waals surface area contributed by atoms with Crippen molar-refractivity contribution in [3.8, 4) is 0 Å². The van der Waals surface area contributed by atoms with Crippen LogP contribution in [0.5, 0.6) is 0 Å². The average molecular weight is 325 g/mol. The van der Waals surface area contributed by atoms with Crippen LogP contribution in [0.4, 0.5) is 0 Å². The van der Waals surface area contributed by atoms with Crippen LogP contribution in [-0.2, 0) is 4.79 Å². The lowest BCUT2D eigenvalue weighted by molar-refractivity contribution is -0.122. The average Bonchev–Trinajstić information content (AvgIpc) is 3.01. The molecule has 2 atom stereocenters. The molecule has 4 heteroatoms. The van der Waals surface area contributed by atoms with Crippen LogP contribution in [0, 0.1) is 5.92 Å². The van der Waals surface area contributed by atoms with Crippen molar-refractivity contribution in [3.05, 3.63) is 35.9 Å². The highest BCUT2D eigenvalue weighted by Crippen LogP contribution is 2.27. The van der Waals surface area contributed by atoms with Gasteiger partial charge >= 0.3 is 0 Å². The summed E-state index contributed by atoms with van der Waals surface area (Å²) >= 11 is 0. The monoisotopic (exact) mass is 324 g/mol. The molecule has 1 aliphatic rings. The molecule has 2 unspecified atom stereocenters. The molecule has 1 saturated heterocycles. The number of carbonyl (C=O) groups excluding carboxylic acids is 1. The highest BCUT2D eigenvalue weighted by molar-refractivity contribution is 5.85. The van der Waals surface area contributed by atoms with Gasteiger partial charge < -0.3 is 10.6 Å². The topological polar surface area (TPSA) is 41.1 Å². The summed E-state index contributed by atoms with van der Waals surface area (Å²) in [5, 5.41) is 6.68. The highest BCUT2D eigenvalue weighted by atomic mass is 35.5. The van der Waals surface area contributed by atoms with E-state index in [0.29, 0.717) is 18.4 Å². The first-order valence-corrected chi connectivity index (χ1v) is 8.32. The lowest BCUT2D eigenvalue weighted by Gasteiger charge is -2.27. The standard InChI is InChI=1S/C18H28N2O.ClH/c1-3-14(4-2)18(15-9-6-5-7-10-15)20-17(21)13-16-11-8-12-19-16;/h5-7,9-10,14,16,18-19H,3-4,8,11-13H2,1-2H3,(H,20,21);1H. The zero-order chi connectivity index (χ0) is 15.1. The maximum absolute atomic E-state index is 12.4. The Morgan fingerprint density at radius 1 is 1.27 bits per heavy atom. The van der Waals surface area contributed by atoms with Crippen LogP contribution in [0.1, 0.15) is 57.6 Å². The third-order valence-corrected chi connectivity index (χ3v) is 4.59. The van der Waals surface area contributed by atoms with Crippen molar-refractivity contribution >= 4 is 18.3 Å². The molecule has 2 N–H and O–H groups in total. The second kappa shape index (κ2) is 9.86. The van der Waals surface area contributed by atoms with Crippen molar-refractivity contribution in [2.75, 3.05) is 6.54 Å². The van der Waals surface area contributed by atoms with E-state index in [4.69, 9.17) is 0 Å². The molecule has 0 spiro atoms. The number of halogens is 1. The van der Waals surface area contributed by atoms with Gasteiger partial charge in [-0.15, -0.1) is 12.4 Å². The molecule has 1 aromatic rings. The van der Waals surface area contributed by atoms with E-state index in [-0.39, 0.29) is 24.4 Å². The van der Waals surface area contributed by atoms with Gasteiger partial charge in [-0.2, -0.15) is 0 Å². The van der Waals surface area contributed by atoms with Gasteiger partial charge in [0.25, 0.3) is 0 Å². The number of benzene rings is 1. The Balaban J connectivity index is 0.00000242. The van der Waals surface area contributed by atoms with Crippen molar-refractivity contribution < 1.29 is 4.79 Å². The molecule has 0 saturated carbocycles. The summed E-state index contributed by atoms with van der Waals surface area (Å²) in [4.78, 5) is 12.4. The Kier molecular flexibility index (Phi) is 8.51. The molecule has 0 aromatic heterocycles. The van der Waals surface area contributed by atoms with Gasteiger partial charge in [-0.25, -0.2) is 0 Å². The fourth-order valence-electron chi connectivity index (χ4n) is 3.28. The number of carbonyl (C=O) groups is 1. The number of nitrogens with one attached hydrogen (secondary N) is 2. The summed E-state index contributed by atoms with van der Waals surface area (Å²) in [6, 6.07) is 10.9. The maximum Gasteiger partial charge on any atom is 0.222 e. The summed E-state index contributed by atoms with van der Waals surface area (Å²) in [6.45, 7) is 5.45. The predicted octanol–water partition coefficient (Wildman–Crippen LogP) is 3.84. The molecule has 0 bridgehead atoms. The fraction of sp³-hybridized carbons (Fsp3) is 0.611. The van der Waals surface area contributed by atoms with Gasteiger partial charge in [0.05, 0.1) is 6.04 Å². The Labute approximate surface area is 140 Å². The van der Waals surface area contributed by atoms with Gasteiger partial charge in [-0.3, -0.25) is 4.79 Å². The highest BCUT2D eigenvalue weighted by Gasteiger charge is 2.24. The largest absolute Gasteiger partial charge is 0.349 e. The van der Waals surface area contributed by atoms with Crippen molar-refractivity contribution in [3.63, 3.8) is 0 Å². The molecule has 3 nitrogen and oxygen atoms in total. The second-order valence-corrected chi connectivity index (χ2v) is 6.03. The maximum atomic E-state index is 12.4. The molecule has 0 aliphatic carbocycles. The quantitative estimate of drug-likeness (QED) is 0.800. The van der Waals surface area contributed by atoms with E-state index < -0.39 is 0 Å². The first-order valence-electron chi connectivity index (χ1n) is 8.32. The zero-order valence-electron chi connectivity index (χ0n) is 13.7. The Morgan fingerprint density at radius 3 is 2.50 bits per heavy atom. The molecule has 1 heterocycles. The summed E-state index contributed by atoms with van der Waals surface area (Å²) in [6.07, 6.45) is 5.07. The van der Waals surface area contributed by atoms with Crippen molar-refractivity contribution in [1.29, 1.82) is 0 Å². The molecule has 1 fully saturated rings. The van der Waals surface area contributed by atoms with Crippen molar-refractivity contribution in [2.45, 2.75) is 58.0 Å².